The van der Waals surface area contributed by atoms with Crippen molar-refractivity contribution in [2.24, 2.45) is 0 Å². The summed E-state index contributed by atoms with van der Waals surface area (Å²) >= 11 is 0. The van der Waals surface area contributed by atoms with E-state index in [4.69, 9.17) is 10.00 Å². The zero-order valence-corrected chi connectivity index (χ0v) is 17.0. The molecule has 0 aliphatic rings. The van der Waals surface area contributed by atoms with Crippen LogP contribution in [-0.2, 0) is 9.53 Å². The lowest BCUT2D eigenvalue weighted by molar-refractivity contribution is -0.143. The summed E-state index contributed by atoms with van der Waals surface area (Å²) in [6.07, 6.45) is 12.2. The average molecular weight is 373 g/mol. The van der Waals surface area contributed by atoms with Gasteiger partial charge in [-0.3, -0.25) is 4.79 Å². The molecular weight excluding hydrogens is 336 g/mol. The molecule has 1 rings (SSSR count). The van der Waals surface area contributed by atoms with E-state index in [0.717, 1.165) is 18.5 Å². The number of carbonyl (C=O) groups is 1. The largest absolute Gasteiger partial charge is 0.464 e. The summed E-state index contributed by atoms with van der Waals surface area (Å²) in [5.74, 6) is -0.105. The summed E-state index contributed by atoms with van der Waals surface area (Å²) in [5.41, 5.74) is 1.06. The normalized spacial score (nSPS) is 10.4. The number of carbonyl (C=O) groups excluding carboxylic acids is 1. The van der Waals surface area contributed by atoms with E-state index in [1.165, 1.54) is 44.9 Å². The summed E-state index contributed by atoms with van der Waals surface area (Å²) < 4.78 is 5.38. The van der Waals surface area contributed by atoms with Gasteiger partial charge in [0.25, 0.3) is 0 Å². The first-order valence-corrected chi connectivity index (χ1v) is 10.6. The fourth-order valence-electron chi connectivity index (χ4n) is 3.12. The molecule has 4 heteroatoms. The van der Waals surface area contributed by atoms with Gasteiger partial charge in [-0.2, -0.15) is 5.26 Å². The Bertz CT molecular complexity index is 525. The number of benzene rings is 1. The molecule has 0 bridgehead atoms. The first-order valence-electron chi connectivity index (χ1n) is 10.6. The van der Waals surface area contributed by atoms with Crippen molar-refractivity contribution in [3.8, 4) is 6.07 Å². The monoisotopic (exact) mass is 372 g/mol. The first-order chi connectivity index (χ1) is 13.3. The van der Waals surface area contributed by atoms with Gasteiger partial charge in [-0.25, -0.2) is 0 Å². The molecule has 27 heavy (non-hydrogen) atoms. The average Bonchev–Trinajstić information content (AvgIpc) is 2.70. The van der Waals surface area contributed by atoms with Crippen molar-refractivity contribution in [2.45, 2.75) is 77.6 Å². The number of ether oxygens (including phenoxy) is 1. The molecule has 1 aromatic carbocycles. The SMILES string of the molecule is CCCCCCCCCCCC(=O)OCCN(CCC#N)c1ccccc1. The molecule has 0 heterocycles. The van der Waals surface area contributed by atoms with Crippen LogP contribution in [0, 0.1) is 11.3 Å². The molecule has 150 valence electrons. The van der Waals surface area contributed by atoms with E-state index in [0.29, 0.717) is 32.5 Å². The summed E-state index contributed by atoms with van der Waals surface area (Å²) in [5, 5.41) is 8.83. The molecule has 0 N–H and O–H groups in total. The minimum atomic E-state index is -0.105. The van der Waals surface area contributed by atoms with Crippen LogP contribution < -0.4 is 4.90 Å². The van der Waals surface area contributed by atoms with E-state index in [1.54, 1.807) is 0 Å². The number of anilines is 1. The van der Waals surface area contributed by atoms with Crippen LogP contribution in [-0.4, -0.2) is 25.7 Å². The molecular formula is C23H36N2O2. The molecule has 0 saturated carbocycles. The molecule has 0 spiro atoms. The lowest BCUT2D eigenvalue weighted by Crippen LogP contribution is -2.29. The van der Waals surface area contributed by atoms with Crippen LogP contribution in [0.5, 0.6) is 0 Å². The van der Waals surface area contributed by atoms with Gasteiger partial charge in [0.05, 0.1) is 19.0 Å². The van der Waals surface area contributed by atoms with Gasteiger partial charge in [0, 0.05) is 18.7 Å². The number of rotatable bonds is 16. The maximum Gasteiger partial charge on any atom is 0.305 e. The highest BCUT2D eigenvalue weighted by molar-refractivity contribution is 5.69. The van der Waals surface area contributed by atoms with Crippen molar-refractivity contribution < 1.29 is 9.53 Å². The summed E-state index contributed by atoms with van der Waals surface area (Å²) in [6.45, 7) is 3.88. The molecule has 0 saturated heterocycles. The third-order valence-corrected chi connectivity index (χ3v) is 4.72. The maximum absolute atomic E-state index is 11.9. The van der Waals surface area contributed by atoms with Crippen molar-refractivity contribution in [1.82, 2.24) is 0 Å². The van der Waals surface area contributed by atoms with Crippen molar-refractivity contribution in [1.29, 1.82) is 5.26 Å². The molecule has 0 fully saturated rings. The van der Waals surface area contributed by atoms with Crippen LogP contribution >= 0.6 is 0 Å². The number of para-hydroxylation sites is 1. The molecule has 0 radical (unpaired) electrons. The van der Waals surface area contributed by atoms with E-state index in [-0.39, 0.29) is 5.97 Å². The van der Waals surface area contributed by atoms with Crippen molar-refractivity contribution in [3.63, 3.8) is 0 Å². The smallest absolute Gasteiger partial charge is 0.305 e. The number of nitrogens with zero attached hydrogens (tertiary/aromatic N) is 2. The zero-order chi connectivity index (χ0) is 19.6. The van der Waals surface area contributed by atoms with Gasteiger partial charge in [0.2, 0.25) is 0 Å². The van der Waals surface area contributed by atoms with Gasteiger partial charge in [-0.15, -0.1) is 0 Å². The number of unbranched alkanes of at least 4 members (excludes halogenated alkanes) is 8. The van der Waals surface area contributed by atoms with Gasteiger partial charge in [-0.1, -0.05) is 76.5 Å². The predicted molar refractivity (Wildman–Crippen MR) is 112 cm³/mol. The van der Waals surface area contributed by atoms with Crippen molar-refractivity contribution >= 4 is 11.7 Å². The number of nitriles is 1. The minimum absolute atomic E-state index is 0.105. The third kappa shape index (κ3) is 12.1. The first kappa shape index (κ1) is 23.0. The number of esters is 1. The van der Waals surface area contributed by atoms with Gasteiger partial charge < -0.3 is 9.64 Å². The quantitative estimate of drug-likeness (QED) is 0.269. The van der Waals surface area contributed by atoms with Crippen LogP contribution in [0.1, 0.15) is 77.6 Å². The number of hydrogen-bond acceptors (Lipinski definition) is 4. The fourth-order valence-corrected chi connectivity index (χ4v) is 3.12. The molecule has 1 aromatic rings. The Labute approximate surface area is 165 Å². The van der Waals surface area contributed by atoms with E-state index >= 15 is 0 Å². The lowest BCUT2D eigenvalue weighted by Gasteiger charge is -2.23. The van der Waals surface area contributed by atoms with Crippen LogP contribution in [0.2, 0.25) is 0 Å². The van der Waals surface area contributed by atoms with Crippen LogP contribution in [0.25, 0.3) is 0 Å². The van der Waals surface area contributed by atoms with Crippen LogP contribution in [0.3, 0.4) is 0 Å². The topological polar surface area (TPSA) is 53.3 Å². The lowest BCUT2D eigenvalue weighted by atomic mass is 10.1. The van der Waals surface area contributed by atoms with Crippen LogP contribution in [0.15, 0.2) is 30.3 Å². The van der Waals surface area contributed by atoms with E-state index in [1.807, 2.05) is 30.3 Å². The molecule has 0 aromatic heterocycles. The Morgan fingerprint density at radius 3 is 2.22 bits per heavy atom. The summed E-state index contributed by atoms with van der Waals surface area (Å²) in [6, 6.07) is 12.1. The molecule has 0 aliphatic carbocycles. The maximum atomic E-state index is 11.9. The summed E-state index contributed by atoms with van der Waals surface area (Å²) in [7, 11) is 0. The van der Waals surface area contributed by atoms with Crippen molar-refractivity contribution in [2.75, 3.05) is 24.6 Å². The molecule has 4 nitrogen and oxygen atoms in total. The predicted octanol–water partition coefficient (Wildman–Crippen LogP) is 5.87. The van der Waals surface area contributed by atoms with E-state index in [2.05, 4.69) is 17.9 Å². The Morgan fingerprint density at radius 2 is 1.59 bits per heavy atom. The zero-order valence-electron chi connectivity index (χ0n) is 17.0. The molecule has 0 unspecified atom stereocenters. The van der Waals surface area contributed by atoms with Gasteiger partial charge >= 0.3 is 5.97 Å². The Balaban J connectivity index is 2.10. The second-order valence-electron chi connectivity index (χ2n) is 7.03. The highest BCUT2D eigenvalue weighted by Crippen LogP contribution is 2.14. The third-order valence-electron chi connectivity index (χ3n) is 4.72. The minimum Gasteiger partial charge on any atom is -0.464 e. The molecule has 0 aliphatic heterocycles. The van der Waals surface area contributed by atoms with Gasteiger partial charge in [-0.05, 0) is 18.6 Å². The highest BCUT2D eigenvalue weighted by atomic mass is 16.5. The van der Waals surface area contributed by atoms with Gasteiger partial charge in [0.15, 0.2) is 0 Å². The van der Waals surface area contributed by atoms with Crippen molar-refractivity contribution in [3.05, 3.63) is 30.3 Å². The molecule has 0 atom stereocenters. The number of hydrogen-bond donors (Lipinski definition) is 0. The van der Waals surface area contributed by atoms with E-state index in [9.17, 15) is 4.79 Å². The fraction of sp³-hybridized carbons (Fsp3) is 0.652. The van der Waals surface area contributed by atoms with Crippen LogP contribution in [0.4, 0.5) is 5.69 Å². The second-order valence-corrected chi connectivity index (χ2v) is 7.03. The molecule has 0 amide bonds. The van der Waals surface area contributed by atoms with Gasteiger partial charge in [0.1, 0.15) is 6.61 Å². The Hall–Kier alpha value is -2.02. The Morgan fingerprint density at radius 1 is 0.963 bits per heavy atom. The summed E-state index contributed by atoms with van der Waals surface area (Å²) in [4.78, 5) is 14.0. The van der Waals surface area contributed by atoms with E-state index < -0.39 is 0 Å². The highest BCUT2D eigenvalue weighted by Gasteiger charge is 2.08. The standard InChI is InChI=1S/C23H36N2O2/c1-2-3-4-5-6-7-8-9-13-17-23(26)27-21-20-25(19-14-18-24)22-15-11-10-12-16-22/h10-12,15-16H,2-9,13-14,17,19-21H2,1H3. The Kier molecular flexibility index (Phi) is 13.8. The second kappa shape index (κ2) is 16.2.